The second kappa shape index (κ2) is 14.9. The van der Waals surface area contributed by atoms with Crippen LogP contribution in [0.15, 0.2) is 217 Å². The number of furan rings is 1. The minimum absolute atomic E-state index is 0.103. The number of aromatic nitrogens is 1. The van der Waals surface area contributed by atoms with Crippen molar-refractivity contribution in [2.24, 2.45) is 0 Å². The highest BCUT2D eigenvalue weighted by Gasteiger charge is 2.39. The molecular formula is C61H41N3O. The third-order valence-corrected chi connectivity index (χ3v) is 13.8. The Hall–Kier alpha value is -8.39. The highest BCUT2D eigenvalue weighted by atomic mass is 16.3. The number of rotatable bonds is 6. The Morgan fingerprint density at radius 1 is 0.523 bits per heavy atom. The molecule has 4 nitrogen and oxygen atoms in total. The molecule has 8 aromatic carbocycles. The SMILES string of the molecule is N#Cc1cccc(-n2c3ccccc3c3cc(-c4ccc(-c5ccc6c(c5)[C@@H]5C=CC=CC5N6c5cc(C6=CCCC=C6)cc6c5oc5ccc(-c7ccccc7)cc56)cc4)ccc32)c1. The fourth-order valence-electron chi connectivity index (χ4n) is 10.6. The molecule has 1 aliphatic heterocycles. The van der Waals surface area contributed by atoms with E-state index in [2.05, 4.69) is 210 Å². The largest absolute Gasteiger partial charge is 0.454 e. The maximum atomic E-state index is 9.64. The van der Waals surface area contributed by atoms with Gasteiger partial charge in [-0.15, -0.1) is 0 Å². The van der Waals surface area contributed by atoms with Crippen LogP contribution in [0.3, 0.4) is 0 Å². The van der Waals surface area contributed by atoms with Gasteiger partial charge in [0.15, 0.2) is 5.58 Å². The van der Waals surface area contributed by atoms with Crippen LogP contribution < -0.4 is 4.90 Å². The first-order valence-electron chi connectivity index (χ1n) is 22.5. The van der Waals surface area contributed by atoms with Gasteiger partial charge in [0.05, 0.1) is 34.4 Å². The van der Waals surface area contributed by atoms with Crippen molar-refractivity contribution in [3.05, 3.63) is 229 Å². The quantitative estimate of drug-likeness (QED) is 0.168. The summed E-state index contributed by atoms with van der Waals surface area (Å²) in [5, 5.41) is 14.3. The molecule has 0 fully saturated rings. The summed E-state index contributed by atoms with van der Waals surface area (Å²) in [5.74, 6) is 0.187. The van der Waals surface area contributed by atoms with E-state index in [0.29, 0.717) is 5.56 Å². The number of anilines is 2. The second-order valence-electron chi connectivity index (χ2n) is 17.4. The van der Waals surface area contributed by atoms with Crippen LogP contribution in [-0.4, -0.2) is 10.6 Å². The molecule has 0 saturated heterocycles. The van der Waals surface area contributed by atoms with Gasteiger partial charge in [-0.3, -0.25) is 0 Å². The summed E-state index contributed by atoms with van der Waals surface area (Å²) in [6, 6.07) is 63.5. The summed E-state index contributed by atoms with van der Waals surface area (Å²) in [5.41, 5.74) is 18.9. The number of para-hydroxylation sites is 1. The molecule has 3 aliphatic rings. The Kier molecular flexibility index (Phi) is 8.51. The maximum absolute atomic E-state index is 9.64. The zero-order valence-electron chi connectivity index (χ0n) is 35.5. The lowest BCUT2D eigenvalue weighted by Crippen LogP contribution is -2.28. The number of nitrogens with zero attached hydrogens (tertiary/aromatic N) is 3. The molecule has 306 valence electrons. The Morgan fingerprint density at radius 3 is 2.06 bits per heavy atom. The van der Waals surface area contributed by atoms with Crippen molar-refractivity contribution in [3.63, 3.8) is 0 Å². The van der Waals surface area contributed by atoms with Crippen LogP contribution in [0.1, 0.15) is 35.4 Å². The predicted molar refractivity (Wildman–Crippen MR) is 269 cm³/mol. The van der Waals surface area contributed by atoms with Crippen molar-refractivity contribution in [1.82, 2.24) is 4.57 Å². The number of nitriles is 1. The van der Waals surface area contributed by atoms with Crippen molar-refractivity contribution in [1.29, 1.82) is 5.26 Å². The van der Waals surface area contributed by atoms with E-state index >= 15 is 0 Å². The minimum Gasteiger partial charge on any atom is -0.454 e. The Labute approximate surface area is 377 Å². The standard InChI is InChI=1S/C61H41N3O/c62-38-39-12-11-17-48(32-39)63-55-20-9-7-18-49(55)51-33-44(26-29-57(51)63)42-22-24-43(25-23-42)45-27-30-58-52(34-45)50-19-8-10-21-56(50)64(58)59-37-47(41-15-5-2-6-16-41)36-54-53-35-46(40-13-3-1-4-14-40)28-31-60(53)65-61(54)59/h1,3-5,7-37,50,56H,2,6H2/t50-,56?/m0/s1. The number of hydrogen-bond donors (Lipinski definition) is 0. The van der Waals surface area contributed by atoms with Gasteiger partial charge < -0.3 is 13.9 Å². The van der Waals surface area contributed by atoms with Crippen LogP contribution in [0.2, 0.25) is 0 Å². The third-order valence-electron chi connectivity index (χ3n) is 13.8. The summed E-state index contributed by atoms with van der Waals surface area (Å²) in [7, 11) is 0. The summed E-state index contributed by atoms with van der Waals surface area (Å²) in [6.07, 6.45) is 18.2. The zero-order valence-corrected chi connectivity index (χ0v) is 35.5. The van der Waals surface area contributed by atoms with Crippen molar-refractivity contribution in [3.8, 4) is 45.1 Å². The van der Waals surface area contributed by atoms with Gasteiger partial charge in [0, 0.05) is 38.8 Å². The molecule has 1 unspecified atom stereocenters. The number of fused-ring (bicyclic) bond motifs is 9. The van der Waals surface area contributed by atoms with Gasteiger partial charge in [-0.25, -0.2) is 0 Å². The van der Waals surface area contributed by atoms with E-state index in [1.807, 2.05) is 18.2 Å². The van der Waals surface area contributed by atoms with Gasteiger partial charge in [-0.1, -0.05) is 140 Å². The van der Waals surface area contributed by atoms with Gasteiger partial charge in [0.1, 0.15) is 5.58 Å². The molecule has 0 saturated carbocycles. The fourth-order valence-corrected chi connectivity index (χ4v) is 10.6. The number of hydrogen-bond acceptors (Lipinski definition) is 3. The molecule has 2 aliphatic carbocycles. The Balaban J connectivity index is 0.890. The van der Waals surface area contributed by atoms with Crippen LogP contribution >= 0.6 is 0 Å². The summed E-state index contributed by atoms with van der Waals surface area (Å²) >= 11 is 0. The maximum Gasteiger partial charge on any atom is 0.159 e. The van der Waals surface area contributed by atoms with Crippen molar-refractivity contribution < 1.29 is 4.42 Å². The molecule has 0 N–H and O–H groups in total. The highest BCUT2D eigenvalue weighted by Crippen LogP contribution is 2.52. The monoisotopic (exact) mass is 831 g/mol. The number of benzene rings is 8. The van der Waals surface area contributed by atoms with E-state index in [0.717, 1.165) is 57.2 Å². The molecule has 2 atom stereocenters. The third kappa shape index (κ3) is 6.04. The van der Waals surface area contributed by atoms with E-state index in [1.165, 1.54) is 66.5 Å². The van der Waals surface area contributed by atoms with Gasteiger partial charge >= 0.3 is 0 Å². The highest BCUT2D eigenvalue weighted by molar-refractivity contribution is 6.13. The van der Waals surface area contributed by atoms with E-state index < -0.39 is 0 Å². The summed E-state index contributed by atoms with van der Waals surface area (Å²) in [4.78, 5) is 2.53. The van der Waals surface area contributed by atoms with E-state index in [1.54, 1.807) is 0 Å². The smallest absolute Gasteiger partial charge is 0.159 e. The summed E-state index contributed by atoms with van der Waals surface area (Å²) in [6.45, 7) is 0. The second-order valence-corrected chi connectivity index (χ2v) is 17.4. The molecular weight excluding hydrogens is 791 g/mol. The van der Waals surface area contributed by atoms with Gasteiger partial charge in [0.2, 0.25) is 0 Å². The van der Waals surface area contributed by atoms with Gasteiger partial charge in [0.25, 0.3) is 0 Å². The van der Waals surface area contributed by atoms with Crippen LogP contribution in [0.4, 0.5) is 11.4 Å². The van der Waals surface area contributed by atoms with E-state index in [4.69, 9.17) is 4.42 Å². The minimum atomic E-state index is 0.103. The first-order chi connectivity index (χ1) is 32.2. The first-order valence-corrected chi connectivity index (χ1v) is 22.5. The van der Waals surface area contributed by atoms with Crippen LogP contribution in [-0.2, 0) is 0 Å². The molecule has 13 rings (SSSR count). The van der Waals surface area contributed by atoms with Crippen molar-refractivity contribution in [2.45, 2.75) is 24.8 Å². The van der Waals surface area contributed by atoms with Gasteiger partial charge in [-0.05, 0) is 136 Å². The van der Waals surface area contributed by atoms with Crippen LogP contribution in [0.25, 0.3) is 88.4 Å². The lowest BCUT2D eigenvalue weighted by molar-refractivity contribution is 0.663. The Morgan fingerprint density at radius 2 is 1.23 bits per heavy atom. The average Bonchev–Trinajstić information content (AvgIpc) is 4.04. The fraction of sp³-hybridized carbons (Fsp3) is 0.0656. The van der Waals surface area contributed by atoms with Crippen molar-refractivity contribution >= 4 is 60.7 Å². The average molecular weight is 832 g/mol. The van der Waals surface area contributed by atoms with E-state index in [-0.39, 0.29) is 12.0 Å². The molecule has 2 aromatic heterocycles. The molecule has 0 spiro atoms. The predicted octanol–water partition coefficient (Wildman–Crippen LogP) is 16.0. The molecule has 0 bridgehead atoms. The van der Waals surface area contributed by atoms with Crippen LogP contribution in [0.5, 0.6) is 0 Å². The lowest BCUT2D eigenvalue weighted by Gasteiger charge is -2.29. The molecule has 4 heteroatoms. The van der Waals surface area contributed by atoms with E-state index in [9.17, 15) is 5.26 Å². The molecule has 0 radical (unpaired) electrons. The molecule has 65 heavy (non-hydrogen) atoms. The van der Waals surface area contributed by atoms with Gasteiger partial charge in [-0.2, -0.15) is 5.26 Å². The normalized spacial score (nSPS) is 16.4. The lowest BCUT2D eigenvalue weighted by atomic mass is 9.89. The number of allylic oxidation sites excluding steroid dienone is 6. The summed E-state index contributed by atoms with van der Waals surface area (Å²) < 4.78 is 9.17. The molecule has 0 amide bonds. The molecule has 3 heterocycles. The Bertz CT molecular complexity index is 3740. The van der Waals surface area contributed by atoms with Crippen molar-refractivity contribution in [2.75, 3.05) is 4.90 Å². The topological polar surface area (TPSA) is 45.1 Å². The first kappa shape index (κ1) is 37.2. The molecule has 10 aromatic rings. The zero-order chi connectivity index (χ0) is 43.0. The van der Waals surface area contributed by atoms with Crippen LogP contribution in [0, 0.1) is 11.3 Å².